The van der Waals surface area contributed by atoms with Gasteiger partial charge < -0.3 is 14.2 Å². The normalized spacial score (nSPS) is 14.6. The molecule has 1 saturated heterocycles. The first-order chi connectivity index (χ1) is 15.9. The van der Waals surface area contributed by atoms with Gasteiger partial charge in [0.1, 0.15) is 18.1 Å². The predicted octanol–water partition coefficient (Wildman–Crippen LogP) is 3.56. The van der Waals surface area contributed by atoms with Gasteiger partial charge in [0.25, 0.3) is 0 Å². The lowest BCUT2D eigenvalue weighted by Crippen LogP contribution is -2.40. The Morgan fingerprint density at radius 2 is 1.88 bits per heavy atom. The molecule has 1 fully saturated rings. The van der Waals surface area contributed by atoms with Crippen molar-refractivity contribution in [3.8, 4) is 11.5 Å². The summed E-state index contributed by atoms with van der Waals surface area (Å²) in [6.45, 7) is 2.96. The number of para-hydroxylation sites is 1. The zero-order valence-electron chi connectivity index (χ0n) is 18.1. The molecule has 2 aromatic carbocycles. The van der Waals surface area contributed by atoms with Crippen molar-refractivity contribution in [1.82, 2.24) is 9.29 Å². The van der Waals surface area contributed by atoms with Gasteiger partial charge in [0.05, 0.1) is 29.9 Å². The number of aromatic nitrogens is 1. The summed E-state index contributed by atoms with van der Waals surface area (Å²) in [5.74, 6) is 0.495. The first-order valence-corrected chi connectivity index (χ1v) is 11.9. The van der Waals surface area contributed by atoms with Crippen LogP contribution in [-0.4, -0.2) is 50.0 Å². The molecule has 0 aliphatic carbocycles. The van der Waals surface area contributed by atoms with Crippen molar-refractivity contribution < 1.29 is 27.4 Å². The highest BCUT2D eigenvalue weighted by Crippen LogP contribution is 2.26. The second-order valence-electron chi connectivity index (χ2n) is 7.47. The molecule has 0 radical (unpaired) electrons. The summed E-state index contributed by atoms with van der Waals surface area (Å²) in [5.41, 5.74) is 1.50. The fraction of sp³-hybridized carbons (Fsp3) is 0.250. The average Bonchev–Trinajstić information content (AvgIpc) is 2.84. The number of benzene rings is 2. The van der Waals surface area contributed by atoms with E-state index >= 15 is 0 Å². The van der Waals surface area contributed by atoms with Crippen molar-refractivity contribution in [1.29, 1.82) is 0 Å². The van der Waals surface area contributed by atoms with Crippen molar-refractivity contribution in [2.45, 2.75) is 18.4 Å². The third-order valence-electron chi connectivity index (χ3n) is 5.23. The second kappa shape index (κ2) is 10.1. The van der Waals surface area contributed by atoms with E-state index in [1.54, 1.807) is 49.6 Å². The molecule has 0 saturated carbocycles. The molecule has 172 valence electrons. The molecule has 1 aliphatic rings. The van der Waals surface area contributed by atoms with Crippen molar-refractivity contribution in [2.75, 3.05) is 26.3 Å². The molecule has 1 aromatic heterocycles. The fourth-order valence-electron chi connectivity index (χ4n) is 3.40. The predicted molar refractivity (Wildman–Crippen MR) is 121 cm³/mol. The summed E-state index contributed by atoms with van der Waals surface area (Å²) >= 11 is 0. The molecular weight excluding hydrogens is 444 g/mol. The maximum absolute atomic E-state index is 13.0. The van der Waals surface area contributed by atoms with E-state index in [-0.39, 0.29) is 30.2 Å². The molecule has 0 unspecified atom stereocenters. The Morgan fingerprint density at radius 3 is 2.64 bits per heavy atom. The van der Waals surface area contributed by atoms with Crippen LogP contribution >= 0.6 is 0 Å². The van der Waals surface area contributed by atoms with E-state index in [4.69, 9.17) is 14.2 Å². The lowest BCUT2D eigenvalue weighted by Gasteiger charge is -2.26. The van der Waals surface area contributed by atoms with Crippen LogP contribution in [-0.2, 0) is 26.1 Å². The largest absolute Gasteiger partial charge is 0.457 e. The summed E-state index contributed by atoms with van der Waals surface area (Å²) in [6, 6.07) is 15.2. The third-order valence-corrected chi connectivity index (χ3v) is 7.12. The minimum Gasteiger partial charge on any atom is -0.457 e. The third kappa shape index (κ3) is 5.39. The lowest BCUT2D eigenvalue weighted by atomic mass is 10.1. The molecule has 0 atom stereocenters. The van der Waals surface area contributed by atoms with Gasteiger partial charge in [-0.15, -0.1) is 0 Å². The highest BCUT2D eigenvalue weighted by atomic mass is 32.2. The summed E-state index contributed by atoms with van der Waals surface area (Å²) in [4.78, 5) is 16.9. The van der Waals surface area contributed by atoms with Gasteiger partial charge in [0, 0.05) is 24.8 Å². The number of sulfonamides is 1. The van der Waals surface area contributed by atoms with Gasteiger partial charge in [-0.05, 0) is 42.8 Å². The number of hydrogen-bond donors (Lipinski definition) is 0. The van der Waals surface area contributed by atoms with Crippen LogP contribution in [0.4, 0.5) is 0 Å². The Morgan fingerprint density at radius 1 is 1.09 bits per heavy atom. The van der Waals surface area contributed by atoms with E-state index < -0.39 is 16.0 Å². The topological polar surface area (TPSA) is 95.0 Å². The number of aryl methyl sites for hydroxylation is 1. The molecule has 2 heterocycles. The Bertz CT molecular complexity index is 1220. The van der Waals surface area contributed by atoms with Crippen LogP contribution in [0.15, 0.2) is 71.9 Å². The van der Waals surface area contributed by atoms with Crippen LogP contribution in [0.25, 0.3) is 0 Å². The number of carbonyl (C=O) groups is 1. The van der Waals surface area contributed by atoms with E-state index in [1.807, 2.05) is 12.1 Å². The molecule has 0 spiro atoms. The molecule has 33 heavy (non-hydrogen) atoms. The SMILES string of the molecule is Cc1ccc(S(=O)(=O)N2CCOCC2)cc1C(=O)OCc1ccccc1Oc1cccnc1. The molecule has 0 bridgehead atoms. The molecule has 1 aliphatic heterocycles. The van der Waals surface area contributed by atoms with Crippen molar-refractivity contribution in [2.24, 2.45) is 0 Å². The molecule has 4 rings (SSSR count). The van der Waals surface area contributed by atoms with Crippen LogP contribution in [0.3, 0.4) is 0 Å². The van der Waals surface area contributed by atoms with E-state index in [0.717, 1.165) is 0 Å². The molecule has 8 nitrogen and oxygen atoms in total. The Labute approximate surface area is 192 Å². The molecule has 0 N–H and O–H groups in total. The summed E-state index contributed by atoms with van der Waals surface area (Å²) in [6.07, 6.45) is 3.24. The van der Waals surface area contributed by atoms with Crippen LogP contribution in [0.2, 0.25) is 0 Å². The number of rotatable bonds is 7. The quantitative estimate of drug-likeness (QED) is 0.489. The highest BCUT2D eigenvalue weighted by Gasteiger charge is 2.27. The van der Waals surface area contributed by atoms with Gasteiger partial charge in [-0.1, -0.05) is 24.3 Å². The smallest absolute Gasteiger partial charge is 0.338 e. The van der Waals surface area contributed by atoms with Crippen LogP contribution in [0, 0.1) is 6.92 Å². The first-order valence-electron chi connectivity index (χ1n) is 10.5. The van der Waals surface area contributed by atoms with E-state index in [2.05, 4.69) is 4.98 Å². The number of ether oxygens (including phenoxy) is 3. The minimum absolute atomic E-state index is 0.0326. The van der Waals surface area contributed by atoms with Gasteiger partial charge in [-0.2, -0.15) is 4.31 Å². The Balaban J connectivity index is 1.50. The monoisotopic (exact) mass is 468 g/mol. The summed E-state index contributed by atoms with van der Waals surface area (Å²) in [7, 11) is -3.72. The van der Waals surface area contributed by atoms with Crippen molar-refractivity contribution >= 4 is 16.0 Å². The molecule has 3 aromatic rings. The van der Waals surface area contributed by atoms with Crippen LogP contribution in [0.1, 0.15) is 21.5 Å². The highest BCUT2D eigenvalue weighted by molar-refractivity contribution is 7.89. The summed E-state index contributed by atoms with van der Waals surface area (Å²) in [5, 5.41) is 0. The molecule has 0 amide bonds. The van der Waals surface area contributed by atoms with Gasteiger partial charge in [-0.25, -0.2) is 13.2 Å². The first kappa shape index (κ1) is 22.9. The number of morpholine rings is 1. The maximum atomic E-state index is 13.0. The van der Waals surface area contributed by atoms with E-state index in [0.29, 0.717) is 35.8 Å². The molecular formula is C24H24N2O6S. The van der Waals surface area contributed by atoms with Crippen molar-refractivity contribution in [3.05, 3.63) is 83.7 Å². The zero-order valence-corrected chi connectivity index (χ0v) is 19.0. The standard InChI is InChI=1S/C24H24N2O6S/c1-18-8-9-21(33(28,29)26-11-13-30-14-12-26)15-22(18)24(27)31-17-19-5-2-3-7-23(19)32-20-6-4-10-25-16-20/h2-10,15-16H,11-14,17H2,1H3. The zero-order chi connectivity index (χ0) is 23.3. The van der Waals surface area contributed by atoms with E-state index in [1.165, 1.54) is 16.4 Å². The maximum Gasteiger partial charge on any atom is 0.338 e. The van der Waals surface area contributed by atoms with Crippen LogP contribution < -0.4 is 4.74 Å². The molecule has 9 heteroatoms. The average molecular weight is 469 g/mol. The Kier molecular flexibility index (Phi) is 7.02. The second-order valence-corrected chi connectivity index (χ2v) is 9.41. The van der Waals surface area contributed by atoms with Gasteiger partial charge in [0.2, 0.25) is 10.0 Å². The fourth-order valence-corrected chi connectivity index (χ4v) is 4.83. The number of carbonyl (C=O) groups excluding carboxylic acids is 1. The number of hydrogen-bond acceptors (Lipinski definition) is 7. The van der Waals surface area contributed by atoms with Crippen molar-refractivity contribution in [3.63, 3.8) is 0 Å². The minimum atomic E-state index is -3.72. The van der Waals surface area contributed by atoms with E-state index in [9.17, 15) is 13.2 Å². The van der Waals surface area contributed by atoms with Crippen LogP contribution in [0.5, 0.6) is 11.5 Å². The Hall–Kier alpha value is -3.27. The van der Waals surface area contributed by atoms with Gasteiger partial charge in [-0.3, -0.25) is 4.98 Å². The summed E-state index contributed by atoms with van der Waals surface area (Å²) < 4.78 is 43.9. The van der Waals surface area contributed by atoms with Gasteiger partial charge in [0.15, 0.2) is 0 Å². The van der Waals surface area contributed by atoms with Gasteiger partial charge >= 0.3 is 5.97 Å². The number of pyridine rings is 1. The number of esters is 1. The number of nitrogens with zero attached hydrogens (tertiary/aromatic N) is 2. The lowest BCUT2D eigenvalue weighted by molar-refractivity contribution is 0.0469.